The minimum Gasteiger partial charge on any atom is -0.380 e. The second kappa shape index (κ2) is 6.50. The molecule has 0 aliphatic heterocycles. The minimum absolute atomic E-state index is 0.137. The Balaban J connectivity index is 1.61. The number of carbonyl (C=O) groups is 1. The Bertz CT molecular complexity index is 648. The van der Waals surface area contributed by atoms with Gasteiger partial charge < -0.3 is 10.6 Å². The van der Waals surface area contributed by atoms with Gasteiger partial charge in [0.2, 0.25) is 5.91 Å². The molecule has 1 fully saturated rings. The first-order chi connectivity index (χ1) is 10.1. The summed E-state index contributed by atoms with van der Waals surface area (Å²) in [5.41, 5.74) is 1.86. The topological polar surface area (TPSA) is 41.1 Å². The SMILES string of the molecule is O=C(Nc1cccc(NCc2cc(Br)c(Br)s2)c1)C1CC1. The maximum Gasteiger partial charge on any atom is 0.227 e. The number of halogens is 2. The second-order valence-electron chi connectivity index (χ2n) is 5.03. The number of hydrogen-bond donors (Lipinski definition) is 2. The number of hydrogen-bond acceptors (Lipinski definition) is 3. The molecular weight excluding hydrogens is 416 g/mol. The smallest absolute Gasteiger partial charge is 0.227 e. The summed E-state index contributed by atoms with van der Waals surface area (Å²) < 4.78 is 2.18. The van der Waals surface area contributed by atoms with Crippen LogP contribution in [0.25, 0.3) is 0 Å². The van der Waals surface area contributed by atoms with Gasteiger partial charge in [-0.15, -0.1) is 11.3 Å². The Morgan fingerprint density at radius 3 is 2.67 bits per heavy atom. The summed E-state index contributed by atoms with van der Waals surface area (Å²) in [5, 5.41) is 6.34. The van der Waals surface area contributed by atoms with E-state index >= 15 is 0 Å². The van der Waals surface area contributed by atoms with Gasteiger partial charge in [0.1, 0.15) is 0 Å². The van der Waals surface area contributed by atoms with Crippen molar-refractivity contribution in [2.24, 2.45) is 5.92 Å². The van der Waals surface area contributed by atoms with Gasteiger partial charge in [-0.25, -0.2) is 0 Å². The molecule has 3 nitrogen and oxygen atoms in total. The molecule has 1 aromatic carbocycles. The molecule has 1 saturated carbocycles. The molecule has 2 aromatic rings. The quantitative estimate of drug-likeness (QED) is 0.682. The van der Waals surface area contributed by atoms with E-state index in [2.05, 4.69) is 48.6 Å². The maximum atomic E-state index is 11.8. The fourth-order valence-electron chi connectivity index (χ4n) is 1.96. The molecule has 1 aliphatic carbocycles. The van der Waals surface area contributed by atoms with Crippen LogP contribution in [0.15, 0.2) is 38.6 Å². The number of benzene rings is 1. The molecule has 1 aliphatic rings. The average Bonchev–Trinajstić information content (AvgIpc) is 3.25. The van der Waals surface area contributed by atoms with Crippen LogP contribution < -0.4 is 10.6 Å². The molecule has 1 amide bonds. The lowest BCUT2D eigenvalue weighted by atomic mass is 10.2. The molecule has 0 radical (unpaired) electrons. The third-order valence-electron chi connectivity index (χ3n) is 3.24. The number of amides is 1. The van der Waals surface area contributed by atoms with Crippen LogP contribution in [0.1, 0.15) is 17.7 Å². The van der Waals surface area contributed by atoms with E-state index in [4.69, 9.17) is 0 Å². The van der Waals surface area contributed by atoms with Crippen molar-refractivity contribution in [2.75, 3.05) is 10.6 Å². The number of carbonyl (C=O) groups excluding carboxylic acids is 1. The van der Waals surface area contributed by atoms with Crippen LogP contribution in [-0.4, -0.2) is 5.91 Å². The summed E-state index contributed by atoms with van der Waals surface area (Å²) in [6.45, 7) is 0.759. The lowest BCUT2D eigenvalue weighted by Crippen LogP contribution is -2.13. The number of rotatable bonds is 5. The van der Waals surface area contributed by atoms with Gasteiger partial charge in [-0.05, 0) is 69.0 Å². The molecule has 2 N–H and O–H groups in total. The predicted molar refractivity (Wildman–Crippen MR) is 94.8 cm³/mol. The third kappa shape index (κ3) is 4.08. The zero-order chi connectivity index (χ0) is 14.8. The predicted octanol–water partition coefficient (Wildman–Crippen LogP) is 5.23. The van der Waals surface area contributed by atoms with E-state index in [9.17, 15) is 4.79 Å². The van der Waals surface area contributed by atoms with Gasteiger partial charge in [0.25, 0.3) is 0 Å². The van der Waals surface area contributed by atoms with Crippen LogP contribution in [0.4, 0.5) is 11.4 Å². The minimum atomic E-state index is 0.137. The molecule has 0 spiro atoms. The van der Waals surface area contributed by atoms with E-state index in [1.165, 1.54) is 4.88 Å². The van der Waals surface area contributed by atoms with E-state index in [1.54, 1.807) is 11.3 Å². The first-order valence-corrected chi connectivity index (χ1v) is 9.10. The molecule has 0 unspecified atom stereocenters. The zero-order valence-electron chi connectivity index (χ0n) is 11.2. The van der Waals surface area contributed by atoms with Crippen LogP contribution >= 0.6 is 43.2 Å². The molecule has 21 heavy (non-hydrogen) atoms. The first-order valence-electron chi connectivity index (χ1n) is 6.70. The lowest BCUT2D eigenvalue weighted by molar-refractivity contribution is -0.117. The van der Waals surface area contributed by atoms with Gasteiger partial charge in [-0.2, -0.15) is 0 Å². The summed E-state index contributed by atoms with van der Waals surface area (Å²) in [6.07, 6.45) is 2.04. The highest BCUT2D eigenvalue weighted by Crippen LogP contribution is 2.33. The van der Waals surface area contributed by atoms with Crippen molar-refractivity contribution < 1.29 is 4.79 Å². The van der Waals surface area contributed by atoms with Crippen molar-refractivity contribution in [3.63, 3.8) is 0 Å². The molecule has 1 aromatic heterocycles. The molecule has 0 atom stereocenters. The fraction of sp³-hybridized carbons (Fsp3) is 0.267. The molecule has 0 saturated heterocycles. The van der Waals surface area contributed by atoms with E-state index in [1.807, 2.05) is 24.3 Å². The van der Waals surface area contributed by atoms with Crippen molar-refractivity contribution in [1.82, 2.24) is 0 Å². The van der Waals surface area contributed by atoms with Gasteiger partial charge in [-0.3, -0.25) is 4.79 Å². The molecule has 0 bridgehead atoms. The largest absolute Gasteiger partial charge is 0.380 e. The Kier molecular flexibility index (Phi) is 4.66. The highest BCUT2D eigenvalue weighted by molar-refractivity contribution is 9.13. The summed E-state index contributed by atoms with van der Waals surface area (Å²) in [6, 6.07) is 9.94. The Morgan fingerprint density at radius 1 is 1.24 bits per heavy atom. The highest BCUT2D eigenvalue weighted by Gasteiger charge is 2.29. The molecule has 3 rings (SSSR count). The molecule has 110 valence electrons. The van der Waals surface area contributed by atoms with Crippen molar-refractivity contribution in [1.29, 1.82) is 0 Å². The van der Waals surface area contributed by atoms with Crippen molar-refractivity contribution in [2.45, 2.75) is 19.4 Å². The van der Waals surface area contributed by atoms with Crippen LogP contribution in [0.3, 0.4) is 0 Å². The Morgan fingerprint density at radius 2 is 2.00 bits per heavy atom. The van der Waals surface area contributed by atoms with Crippen molar-refractivity contribution in [3.05, 3.63) is 43.5 Å². The van der Waals surface area contributed by atoms with Gasteiger partial charge in [0.05, 0.1) is 3.79 Å². The standard InChI is InChI=1S/C15H14Br2N2OS/c16-13-7-12(21-14(13)17)8-18-10-2-1-3-11(6-10)19-15(20)9-4-5-9/h1-3,6-7,9,18H,4-5,8H2,(H,19,20). The van der Waals surface area contributed by atoms with E-state index in [-0.39, 0.29) is 11.8 Å². The Hall–Kier alpha value is -0.850. The van der Waals surface area contributed by atoms with Gasteiger partial charge in [-0.1, -0.05) is 6.07 Å². The molecular formula is C15H14Br2N2OS. The third-order valence-corrected chi connectivity index (χ3v) is 6.50. The summed E-state index contributed by atoms with van der Waals surface area (Å²) in [4.78, 5) is 13.0. The van der Waals surface area contributed by atoms with Crippen molar-refractivity contribution >= 4 is 60.5 Å². The summed E-state index contributed by atoms with van der Waals surface area (Å²) >= 11 is 8.68. The summed E-state index contributed by atoms with van der Waals surface area (Å²) in [7, 11) is 0. The van der Waals surface area contributed by atoms with Crippen LogP contribution in [0.2, 0.25) is 0 Å². The normalized spacial score (nSPS) is 14.0. The number of thiophene rings is 1. The van der Waals surface area contributed by atoms with Crippen LogP contribution in [0.5, 0.6) is 0 Å². The van der Waals surface area contributed by atoms with Gasteiger partial charge in [0, 0.05) is 33.2 Å². The van der Waals surface area contributed by atoms with Crippen LogP contribution in [-0.2, 0) is 11.3 Å². The maximum absolute atomic E-state index is 11.8. The first kappa shape index (κ1) is 15.1. The van der Waals surface area contributed by atoms with Gasteiger partial charge >= 0.3 is 0 Å². The van der Waals surface area contributed by atoms with Gasteiger partial charge in [0.15, 0.2) is 0 Å². The molecule has 1 heterocycles. The Labute approximate surface area is 144 Å². The monoisotopic (exact) mass is 428 g/mol. The van der Waals surface area contributed by atoms with Crippen molar-refractivity contribution in [3.8, 4) is 0 Å². The van der Waals surface area contributed by atoms with E-state index < -0.39 is 0 Å². The highest BCUT2D eigenvalue weighted by atomic mass is 79.9. The van der Waals surface area contributed by atoms with Crippen LogP contribution in [0, 0.1) is 5.92 Å². The molecule has 6 heteroatoms. The van der Waals surface area contributed by atoms with E-state index in [0.717, 1.165) is 39.0 Å². The van der Waals surface area contributed by atoms with E-state index in [0.29, 0.717) is 0 Å². The lowest BCUT2D eigenvalue weighted by Gasteiger charge is -2.08. The second-order valence-corrected chi connectivity index (χ2v) is 8.34. The number of anilines is 2. The zero-order valence-corrected chi connectivity index (χ0v) is 15.1. The fourth-order valence-corrected chi connectivity index (χ4v) is 4.08. The summed E-state index contributed by atoms with van der Waals surface area (Å²) in [5.74, 6) is 0.362. The number of nitrogens with one attached hydrogen (secondary N) is 2. The average molecular weight is 430 g/mol.